The third kappa shape index (κ3) is 5.48. The molecule has 11 heteroatoms. The van der Waals surface area contributed by atoms with Crippen molar-refractivity contribution in [3.05, 3.63) is 23.2 Å². The van der Waals surface area contributed by atoms with Crippen molar-refractivity contribution >= 4 is 39.8 Å². The van der Waals surface area contributed by atoms with Gasteiger partial charge in [-0.25, -0.2) is 9.78 Å². The molecule has 2 aliphatic heterocycles. The second-order valence-corrected chi connectivity index (χ2v) is 8.35. The third-order valence-corrected chi connectivity index (χ3v) is 6.17. The Bertz CT molecular complexity index is 992. The molecule has 2 aromatic rings. The zero-order valence-electron chi connectivity index (χ0n) is 18.9. The van der Waals surface area contributed by atoms with Crippen LogP contribution in [0.3, 0.4) is 0 Å². The van der Waals surface area contributed by atoms with Crippen molar-refractivity contribution in [3.63, 3.8) is 0 Å². The van der Waals surface area contributed by atoms with Crippen LogP contribution in [0.15, 0.2) is 17.5 Å². The first-order chi connectivity index (χ1) is 16.1. The number of carbonyl (C=O) groups excluding carboxylic acids is 2. The van der Waals surface area contributed by atoms with Gasteiger partial charge in [0.2, 0.25) is 5.91 Å². The van der Waals surface area contributed by atoms with Crippen LogP contribution in [0.5, 0.6) is 11.5 Å². The molecule has 2 aliphatic rings. The predicted molar refractivity (Wildman–Crippen MR) is 127 cm³/mol. The quantitative estimate of drug-likeness (QED) is 0.574. The van der Waals surface area contributed by atoms with Crippen LogP contribution in [0.2, 0.25) is 0 Å². The van der Waals surface area contributed by atoms with E-state index in [4.69, 9.17) is 14.2 Å². The lowest BCUT2D eigenvalue weighted by Gasteiger charge is -2.31. The highest BCUT2D eigenvalue weighted by Crippen LogP contribution is 2.39. The highest BCUT2D eigenvalue weighted by molar-refractivity contribution is 7.14. The fourth-order valence-electron chi connectivity index (χ4n) is 3.76. The standard InChI is InChI=1S/C22H29N5O5S/c1-3-31-18-13-17(26-7-9-30-10-8-26)19(32-4-2)12-16(18)25-20(28)11-15-14-33-22(24-15)27-6-5-23-21(27)29/h12-14H,3-11H2,1-2H3,(H,23,29)(H,25,28). The fraction of sp³-hybridized carbons (Fsp3) is 0.500. The van der Waals surface area contributed by atoms with Crippen molar-refractivity contribution < 1.29 is 23.8 Å². The van der Waals surface area contributed by atoms with Gasteiger partial charge in [0.25, 0.3) is 0 Å². The zero-order chi connectivity index (χ0) is 23.2. The molecule has 33 heavy (non-hydrogen) atoms. The highest BCUT2D eigenvalue weighted by Gasteiger charge is 2.25. The topological polar surface area (TPSA) is 105 Å². The molecule has 0 spiro atoms. The normalized spacial score (nSPS) is 16.0. The van der Waals surface area contributed by atoms with Crippen molar-refractivity contribution in [3.8, 4) is 11.5 Å². The van der Waals surface area contributed by atoms with Crippen molar-refractivity contribution in [2.24, 2.45) is 0 Å². The lowest BCUT2D eigenvalue weighted by atomic mass is 10.2. The first-order valence-electron chi connectivity index (χ1n) is 11.1. The number of hydrogen-bond acceptors (Lipinski definition) is 8. The molecule has 2 fully saturated rings. The number of thiazole rings is 1. The van der Waals surface area contributed by atoms with E-state index in [-0.39, 0.29) is 18.4 Å². The maximum absolute atomic E-state index is 12.8. The zero-order valence-corrected chi connectivity index (χ0v) is 19.7. The van der Waals surface area contributed by atoms with Gasteiger partial charge in [0.1, 0.15) is 11.5 Å². The summed E-state index contributed by atoms with van der Waals surface area (Å²) in [5.41, 5.74) is 2.09. The van der Waals surface area contributed by atoms with E-state index in [1.54, 1.807) is 10.3 Å². The average Bonchev–Trinajstić information content (AvgIpc) is 3.44. The Morgan fingerprint density at radius 3 is 2.64 bits per heavy atom. The summed E-state index contributed by atoms with van der Waals surface area (Å²) in [6.45, 7) is 8.81. The van der Waals surface area contributed by atoms with Gasteiger partial charge in [-0.15, -0.1) is 11.3 Å². The lowest BCUT2D eigenvalue weighted by molar-refractivity contribution is -0.115. The molecule has 178 valence electrons. The molecule has 0 aliphatic carbocycles. The number of aromatic nitrogens is 1. The van der Waals surface area contributed by atoms with Crippen LogP contribution >= 0.6 is 11.3 Å². The van der Waals surface area contributed by atoms with Crippen molar-refractivity contribution in [2.75, 3.05) is 67.7 Å². The Morgan fingerprint density at radius 2 is 1.94 bits per heavy atom. The molecule has 0 unspecified atom stereocenters. The Kier molecular flexibility index (Phi) is 7.50. The molecule has 3 amide bonds. The summed E-state index contributed by atoms with van der Waals surface area (Å²) in [6, 6.07) is 3.58. The number of benzene rings is 1. The minimum atomic E-state index is -0.222. The van der Waals surface area contributed by atoms with E-state index in [2.05, 4.69) is 20.5 Å². The number of nitrogens with zero attached hydrogens (tertiary/aromatic N) is 3. The summed E-state index contributed by atoms with van der Waals surface area (Å²) in [5.74, 6) is 1.05. The van der Waals surface area contributed by atoms with Crippen LogP contribution in [0.4, 0.5) is 21.3 Å². The minimum absolute atomic E-state index is 0.0900. The van der Waals surface area contributed by atoms with Gasteiger partial charge in [0, 0.05) is 43.7 Å². The molecule has 4 rings (SSSR count). The Hall–Kier alpha value is -3.05. The Balaban J connectivity index is 1.51. The summed E-state index contributed by atoms with van der Waals surface area (Å²) in [5, 5.41) is 8.09. The molecule has 0 atom stereocenters. The Labute approximate surface area is 196 Å². The van der Waals surface area contributed by atoms with Gasteiger partial charge in [-0.2, -0.15) is 0 Å². The lowest BCUT2D eigenvalue weighted by Crippen LogP contribution is -2.36. The van der Waals surface area contributed by atoms with E-state index >= 15 is 0 Å². The number of amides is 3. The van der Waals surface area contributed by atoms with Crippen LogP contribution in [0.1, 0.15) is 19.5 Å². The molecule has 3 heterocycles. The molecular weight excluding hydrogens is 446 g/mol. The van der Waals surface area contributed by atoms with Crippen molar-refractivity contribution in [1.29, 1.82) is 0 Å². The van der Waals surface area contributed by atoms with Gasteiger partial charge in [0.15, 0.2) is 5.13 Å². The number of carbonyl (C=O) groups is 2. The monoisotopic (exact) mass is 475 g/mol. The summed E-state index contributed by atoms with van der Waals surface area (Å²) < 4.78 is 17.2. The van der Waals surface area contributed by atoms with E-state index in [9.17, 15) is 9.59 Å². The summed E-state index contributed by atoms with van der Waals surface area (Å²) in [6.07, 6.45) is 0.0900. The second kappa shape index (κ2) is 10.7. The van der Waals surface area contributed by atoms with E-state index in [0.29, 0.717) is 67.5 Å². The second-order valence-electron chi connectivity index (χ2n) is 7.51. The van der Waals surface area contributed by atoms with Crippen LogP contribution in [0.25, 0.3) is 0 Å². The number of urea groups is 1. The van der Waals surface area contributed by atoms with E-state index < -0.39 is 0 Å². The summed E-state index contributed by atoms with van der Waals surface area (Å²) >= 11 is 1.35. The van der Waals surface area contributed by atoms with E-state index in [1.807, 2.05) is 26.0 Å². The Morgan fingerprint density at radius 1 is 1.18 bits per heavy atom. The number of morpholine rings is 1. The third-order valence-electron chi connectivity index (χ3n) is 5.26. The molecule has 10 nitrogen and oxygen atoms in total. The van der Waals surface area contributed by atoms with Gasteiger partial charge in [-0.05, 0) is 13.8 Å². The number of anilines is 3. The van der Waals surface area contributed by atoms with Crippen LogP contribution in [-0.4, -0.2) is 69.5 Å². The minimum Gasteiger partial charge on any atom is -0.492 e. The van der Waals surface area contributed by atoms with Gasteiger partial charge >= 0.3 is 6.03 Å². The van der Waals surface area contributed by atoms with Crippen LogP contribution in [-0.2, 0) is 16.0 Å². The molecule has 1 aromatic carbocycles. The number of ether oxygens (including phenoxy) is 3. The fourth-order valence-corrected chi connectivity index (χ4v) is 4.61. The number of rotatable bonds is 9. The first kappa shape index (κ1) is 23.1. The number of hydrogen-bond donors (Lipinski definition) is 2. The molecule has 0 saturated carbocycles. The summed E-state index contributed by atoms with van der Waals surface area (Å²) in [7, 11) is 0. The number of nitrogens with one attached hydrogen (secondary N) is 2. The van der Waals surface area contributed by atoms with E-state index in [0.717, 1.165) is 18.8 Å². The smallest absolute Gasteiger partial charge is 0.323 e. The molecule has 0 bridgehead atoms. The first-order valence-corrected chi connectivity index (χ1v) is 12.0. The molecular formula is C22H29N5O5S. The van der Waals surface area contributed by atoms with E-state index in [1.165, 1.54) is 11.3 Å². The van der Waals surface area contributed by atoms with Gasteiger partial charge in [-0.1, -0.05) is 0 Å². The molecule has 2 saturated heterocycles. The van der Waals surface area contributed by atoms with Gasteiger partial charge in [0.05, 0.1) is 49.9 Å². The van der Waals surface area contributed by atoms with Gasteiger partial charge in [-0.3, -0.25) is 9.69 Å². The van der Waals surface area contributed by atoms with Crippen molar-refractivity contribution in [1.82, 2.24) is 10.3 Å². The molecule has 0 radical (unpaired) electrons. The largest absolute Gasteiger partial charge is 0.492 e. The maximum Gasteiger partial charge on any atom is 0.323 e. The predicted octanol–water partition coefficient (Wildman–Crippen LogP) is 2.49. The highest BCUT2D eigenvalue weighted by atomic mass is 32.1. The van der Waals surface area contributed by atoms with Crippen LogP contribution in [0, 0.1) is 0 Å². The van der Waals surface area contributed by atoms with Crippen LogP contribution < -0.4 is 29.9 Å². The van der Waals surface area contributed by atoms with Gasteiger partial charge < -0.3 is 29.7 Å². The molecule has 1 aromatic heterocycles. The maximum atomic E-state index is 12.8. The molecule has 2 N–H and O–H groups in total. The SMILES string of the molecule is CCOc1cc(N2CCOCC2)c(OCC)cc1NC(=O)Cc1csc(N2CCNC2=O)n1. The summed E-state index contributed by atoms with van der Waals surface area (Å²) in [4.78, 5) is 32.9. The average molecular weight is 476 g/mol. The van der Waals surface area contributed by atoms with Crippen molar-refractivity contribution in [2.45, 2.75) is 20.3 Å².